The lowest BCUT2D eigenvalue weighted by Crippen LogP contribution is -2.27. The number of benzene rings is 1. The third-order valence-corrected chi connectivity index (χ3v) is 3.55. The summed E-state index contributed by atoms with van der Waals surface area (Å²) < 4.78 is 5.47. The fourth-order valence-corrected chi connectivity index (χ4v) is 2.33. The van der Waals surface area contributed by atoms with Crippen LogP contribution in [0.2, 0.25) is 0 Å². The quantitative estimate of drug-likeness (QED) is 0.826. The maximum Gasteiger partial charge on any atom is 0.137 e. The summed E-state index contributed by atoms with van der Waals surface area (Å²) in [4.78, 5) is 4.35. The summed E-state index contributed by atoms with van der Waals surface area (Å²) in [6.45, 7) is 3.68. The summed E-state index contributed by atoms with van der Waals surface area (Å²) in [5, 5.41) is 10.6. The summed E-state index contributed by atoms with van der Waals surface area (Å²) in [5.74, 6) is 1.58. The Morgan fingerprint density at radius 2 is 1.90 bits per heavy atom. The maximum atomic E-state index is 9.59. The standard InChI is InChI=1S/C16H19NO2S/c1-16(2,18)12-19-14-8-9-15(17-10-14)20-11-13-6-4-3-5-7-13/h3-10,18H,11-12H2,1-2H3. The lowest BCUT2D eigenvalue weighted by molar-refractivity contribution is 0.0283. The van der Waals surface area contributed by atoms with Crippen LogP contribution in [0.4, 0.5) is 0 Å². The zero-order chi connectivity index (χ0) is 14.4. The van der Waals surface area contributed by atoms with Crippen LogP contribution in [0.25, 0.3) is 0 Å². The second kappa shape index (κ2) is 6.77. The van der Waals surface area contributed by atoms with E-state index in [9.17, 15) is 5.11 Å². The summed E-state index contributed by atoms with van der Waals surface area (Å²) in [5.41, 5.74) is 0.447. The van der Waals surface area contributed by atoms with Gasteiger partial charge in [-0.3, -0.25) is 0 Å². The Kier molecular flexibility index (Phi) is 5.04. The van der Waals surface area contributed by atoms with Crippen LogP contribution in [-0.2, 0) is 5.75 Å². The Balaban J connectivity index is 1.85. The molecule has 0 radical (unpaired) electrons. The molecule has 3 nitrogen and oxygen atoms in total. The van der Waals surface area contributed by atoms with Gasteiger partial charge in [-0.2, -0.15) is 0 Å². The maximum absolute atomic E-state index is 9.59. The summed E-state index contributed by atoms with van der Waals surface area (Å²) in [6.07, 6.45) is 1.69. The number of nitrogens with zero attached hydrogens (tertiary/aromatic N) is 1. The first-order valence-corrected chi connectivity index (χ1v) is 7.49. The Hall–Kier alpha value is -1.52. The van der Waals surface area contributed by atoms with Crippen molar-refractivity contribution in [2.45, 2.75) is 30.2 Å². The molecule has 1 aromatic carbocycles. The zero-order valence-corrected chi connectivity index (χ0v) is 12.6. The Morgan fingerprint density at radius 1 is 1.15 bits per heavy atom. The minimum atomic E-state index is -0.833. The molecule has 1 heterocycles. The van der Waals surface area contributed by atoms with Gasteiger partial charge < -0.3 is 9.84 Å². The van der Waals surface area contributed by atoms with Crippen molar-refractivity contribution in [1.82, 2.24) is 4.98 Å². The average Bonchev–Trinajstić information content (AvgIpc) is 2.44. The summed E-state index contributed by atoms with van der Waals surface area (Å²) in [6, 6.07) is 14.1. The van der Waals surface area contributed by atoms with Crippen molar-refractivity contribution in [3.8, 4) is 5.75 Å². The molecule has 0 bridgehead atoms. The van der Waals surface area contributed by atoms with Crippen LogP contribution in [0.3, 0.4) is 0 Å². The van der Waals surface area contributed by atoms with E-state index in [4.69, 9.17) is 4.74 Å². The van der Waals surface area contributed by atoms with Crippen molar-refractivity contribution in [3.63, 3.8) is 0 Å². The van der Waals surface area contributed by atoms with Gasteiger partial charge in [0.05, 0.1) is 16.8 Å². The highest BCUT2D eigenvalue weighted by atomic mass is 32.2. The average molecular weight is 289 g/mol. The molecule has 0 atom stereocenters. The molecule has 0 saturated heterocycles. The van der Waals surface area contributed by atoms with E-state index in [-0.39, 0.29) is 6.61 Å². The fourth-order valence-electron chi connectivity index (χ4n) is 1.53. The van der Waals surface area contributed by atoms with E-state index in [1.165, 1.54) is 5.56 Å². The molecule has 0 aliphatic rings. The first-order chi connectivity index (χ1) is 9.53. The second-order valence-corrected chi connectivity index (χ2v) is 6.20. The summed E-state index contributed by atoms with van der Waals surface area (Å²) >= 11 is 1.69. The van der Waals surface area contributed by atoms with Gasteiger partial charge in [0.15, 0.2) is 0 Å². The highest BCUT2D eigenvalue weighted by Gasteiger charge is 2.13. The monoisotopic (exact) mass is 289 g/mol. The molecule has 0 unspecified atom stereocenters. The molecule has 4 heteroatoms. The van der Waals surface area contributed by atoms with E-state index in [1.54, 1.807) is 31.8 Å². The predicted octanol–water partition coefficient (Wildman–Crippen LogP) is 3.52. The lowest BCUT2D eigenvalue weighted by Gasteiger charge is -2.17. The number of ether oxygens (including phenoxy) is 1. The first kappa shape index (κ1) is 14.9. The number of rotatable bonds is 6. The Labute approximate surface area is 124 Å². The summed E-state index contributed by atoms with van der Waals surface area (Å²) in [7, 11) is 0. The minimum absolute atomic E-state index is 0.255. The fraction of sp³-hybridized carbons (Fsp3) is 0.312. The highest BCUT2D eigenvalue weighted by Crippen LogP contribution is 2.22. The third-order valence-electron chi connectivity index (χ3n) is 2.53. The van der Waals surface area contributed by atoms with Crippen LogP contribution >= 0.6 is 11.8 Å². The van der Waals surface area contributed by atoms with Gasteiger partial charge in [-0.05, 0) is 31.5 Å². The number of aliphatic hydroxyl groups is 1. The van der Waals surface area contributed by atoms with Crippen molar-refractivity contribution in [2.24, 2.45) is 0 Å². The number of hydrogen-bond donors (Lipinski definition) is 1. The second-order valence-electron chi connectivity index (χ2n) is 5.21. The normalized spacial score (nSPS) is 11.3. The largest absolute Gasteiger partial charge is 0.489 e. The van der Waals surface area contributed by atoms with Gasteiger partial charge in [-0.1, -0.05) is 30.3 Å². The topological polar surface area (TPSA) is 42.4 Å². The Bertz CT molecular complexity index is 520. The van der Waals surface area contributed by atoms with E-state index in [0.29, 0.717) is 5.75 Å². The predicted molar refractivity (Wildman–Crippen MR) is 82.0 cm³/mol. The number of aromatic nitrogens is 1. The Morgan fingerprint density at radius 3 is 2.50 bits per heavy atom. The van der Waals surface area contributed by atoms with Gasteiger partial charge in [0.25, 0.3) is 0 Å². The van der Waals surface area contributed by atoms with Gasteiger partial charge >= 0.3 is 0 Å². The van der Waals surface area contributed by atoms with Crippen molar-refractivity contribution in [1.29, 1.82) is 0 Å². The van der Waals surface area contributed by atoms with Crippen LogP contribution in [0.5, 0.6) is 5.75 Å². The minimum Gasteiger partial charge on any atom is -0.489 e. The van der Waals surface area contributed by atoms with Crippen molar-refractivity contribution in [3.05, 3.63) is 54.2 Å². The van der Waals surface area contributed by atoms with E-state index in [0.717, 1.165) is 10.8 Å². The van der Waals surface area contributed by atoms with Gasteiger partial charge in [-0.25, -0.2) is 4.98 Å². The molecule has 2 aromatic rings. The first-order valence-electron chi connectivity index (χ1n) is 6.51. The molecule has 0 saturated carbocycles. The van der Waals surface area contributed by atoms with Crippen molar-refractivity contribution in [2.75, 3.05) is 6.61 Å². The molecule has 20 heavy (non-hydrogen) atoms. The van der Waals surface area contributed by atoms with Crippen LogP contribution in [0.15, 0.2) is 53.7 Å². The molecule has 0 aliphatic heterocycles. The molecule has 0 amide bonds. The highest BCUT2D eigenvalue weighted by molar-refractivity contribution is 7.98. The molecule has 106 valence electrons. The molecular weight excluding hydrogens is 270 g/mol. The van der Waals surface area contributed by atoms with Crippen LogP contribution in [0.1, 0.15) is 19.4 Å². The third kappa shape index (κ3) is 5.23. The van der Waals surface area contributed by atoms with Gasteiger partial charge in [0.2, 0.25) is 0 Å². The zero-order valence-electron chi connectivity index (χ0n) is 11.7. The molecule has 0 spiro atoms. The SMILES string of the molecule is CC(C)(O)COc1ccc(SCc2ccccc2)nc1. The molecule has 1 N–H and O–H groups in total. The number of thioether (sulfide) groups is 1. The smallest absolute Gasteiger partial charge is 0.137 e. The molecule has 0 fully saturated rings. The van der Waals surface area contributed by atoms with Crippen LogP contribution in [-0.4, -0.2) is 22.3 Å². The van der Waals surface area contributed by atoms with E-state index < -0.39 is 5.60 Å². The van der Waals surface area contributed by atoms with E-state index >= 15 is 0 Å². The molecule has 0 aliphatic carbocycles. The molecule has 1 aromatic heterocycles. The van der Waals surface area contributed by atoms with Gasteiger partial charge in [-0.15, -0.1) is 11.8 Å². The molecular formula is C16H19NO2S. The number of hydrogen-bond acceptors (Lipinski definition) is 4. The van der Waals surface area contributed by atoms with Crippen molar-refractivity contribution < 1.29 is 9.84 Å². The van der Waals surface area contributed by atoms with Crippen LogP contribution < -0.4 is 4.74 Å². The van der Waals surface area contributed by atoms with E-state index in [1.807, 2.05) is 30.3 Å². The van der Waals surface area contributed by atoms with Gasteiger partial charge in [0.1, 0.15) is 12.4 Å². The number of pyridine rings is 1. The van der Waals surface area contributed by atoms with Gasteiger partial charge in [0, 0.05) is 5.75 Å². The lowest BCUT2D eigenvalue weighted by atomic mass is 10.2. The van der Waals surface area contributed by atoms with Crippen molar-refractivity contribution >= 4 is 11.8 Å². The van der Waals surface area contributed by atoms with Crippen LogP contribution in [0, 0.1) is 0 Å². The van der Waals surface area contributed by atoms with E-state index in [2.05, 4.69) is 17.1 Å². The molecule has 2 rings (SSSR count).